The van der Waals surface area contributed by atoms with E-state index in [9.17, 15) is 8.42 Å². The Bertz CT molecular complexity index is 772. The van der Waals surface area contributed by atoms with Crippen LogP contribution >= 0.6 is 11.6 Å². The van der Waals surface area contributed by atoms with Crippen molar-refractivity contribution in [2.24, 2.45) is 0 Å². The fraction of sp³-hybridized carbons (Fsp3) is 0.333. The Morgan fingerprint density at radius 1 is 1.38 bits per heavy atom. The molecular weight excluding hydrogens is 314 g/mol. The Morgan fingerprint density at radius 2 is 2.05 bits per heavy atom. The van der Waals surface area contributed by atoms with Crippen molar-refractivity contribution >= 4 is 27.3 Å². The number of H-pyrrole nitrogens is 1. The van der Waals surface area contributed by atoms with E-state index in [4.69, 9.17) is 17.3 Å². The molecule has 0 aliphatic rings. The van der Waals surface area contributed by atoms with Gasteiger partial charge in [-0.2, -0.15) is 9.40 Å². The van der Waals surface area contributed by atoms with Crippen LogP contribution in [0.5, 0.6) is 0 Å². The van der Waals surface area contributed by atoms with Gasteiger partial charge >= 0.3 is 0 Å². The predicted octanol–water partition coefficient (Wildman–Crippen LogP) is 1.48. The van der Waals surface area contributed by atoms with E-state index in [-0.39, 0.29) is 16.5 Å². The molecule has 1 aromatic heterocycles. The standard InChI is InChI=1S/C12H16ClN5O2S/c1-7-4-9(13)11(5-10(7)14)21(19,20)18(3)6-12-15-8(2)16-17-12/h4-5H,6,14H2,1-3H3,(H,15,16,17). The molecular formula is C12H16ClN5O2S. The number of anilines is 1. The minimum absolute atomic E-state index is 0.0259. The van der Waals surface area contributed by atoms with Crippen LogP contribution in [0, 0.1) is 13.8 Å². The summed E-state index contributed by atoms with van der Waals surface area (Å²) in [7, 11) is -2.33. The van der Waals surface area contributed by atoms with E-state index < -0.39 is 10.0 Å². The first-order valence-electron chi connectivity index (χ1n) is 6.11. The zero-order valence-electron chi connectivity index (χ0n) is 11.9. The van der Waals surface area contributed by atoms with E-state index in [2.05, 4.69) is 15.2 Å². The van der Waals surface area contributed by atoms with Gasteiger partial charge in [-0.1, -0.05) is 11.6 Å². The van der Waals surface area contributed by atoms with Crippen LogP contribution in [0.1, 0.15) is 17.2 Å². The smallest absolute Gasteiger partial charge is 0.244 e. The highest BCUT2D eigenvalue weighted by molar-refractivity contribution is 7.89. The molecule has 0 aliphatic heterocycles. The average molecular weight is 330 g/mol. The number of benzene rings is 1. The van der Waals surface area contributed by atoms with Gasteiger partial charge in [-0.25, -0.2) is 13.4 Å². The molecule has 0 unspecified atom stereocenters. The van der Waals surface area contributed by atoms with Crippen molar-refractivity contribution in [3.8, 4) is 0 Å². The number of hydrogen-bond donors (Lipinski definition) is 2. The Morgan fingerprint density at radius 3 is 2.62 bits per heavy atom. The molecule has 0 radical (unpaired) electrons. The number of sulfonamides is 1. The first-order chi connectivity index (χ1) is 9.71. The fourth-order valence-corrected chi connectivity index (χ4v) is 3.49. The van der Waals surface area contributed by atoms with Crippen LogP contribution in [0.3, 0.4) is 0 Å². The zero-order valence-corrected chi connectivity index (χ0v) is 13.5. The molecule has 0 saturated heterocycles. The second-order valence-corrected chi connectivity index (χ2v) is 7.16. The van der Waals surface area contributed by atoms with Gasteiger partial charge in [0.05, 0.1) is 11.6 Å². The van der Waals surface area contributed by atoms with Gasteiger partial charge in [-0.3, -0.25) is 5.10 Å². The lowest BCUT2D eigenvalue weighted by Crippen LogP contribution is -2.27. The molecule has 0 saturated carbocycles. The summed E-state index contributed by atoms with van der Waals surface area (Å²) in [6, 6.07) is 2.90. The van der Waals surface area contributed by atoms with Crippen LogP contribution in [-0.2, 0) is 16.6 Å². The van der Waals surface area contributed by atoms with Crippen molar-refractivity contribution in [3.63, 3.8) is 0 Å². The third kappa shape index (κ3) is 3.17. The molecule has 114 valence electrons. The summed E-state index contributed by atoms with van der Waals surface area (Å²) in [5.41, 5.74) is 6.87. The van der Waals surface area contributed by atoms with Crippen LogP contribution in [-0.4, -0.2) is 35.0 Å². The van der Waals surface area contributed by atoms with Crippen molar-refractivity contribution in [3.05, 3.63) is 34.4 Å². The molecule has 21 heavy (non-hydrogen) atoms. The summed E-state index contributed by atoms with van der Waals surface area (Å²) in [6.45, 7) is 3.54. The van der Waals surface area contributed by atoms with Gasteiger partial charge in [0, 0.05) is 12.7 Å². The van der Waals surface area contributed by atoms with Gasteiger partial charge in [0.25, 0.3) is 0 Å². The molecule has 1 heterocycles. The van der Waals surface area contributed by atoms with E-state index in [0.717, 1.165) is 9.87 Å². The van der Waals surface area contributed by atoms with Crippen molar-refractivity contribution in [1.82, 2.24) is 19.5 Å². The fourth-order valence-electron chi connectivity index (χ4n) is 1.78. The molecule has 2 aromatic rings. The van der Waals surface area contributed by atoms with Gasteiger partial charge in [-0.05, 0) is 31.5 Å². The normalized spacial score (nSPS) is 12.0. The SMILES string of the molecule is Cc1nc(CN(C)S(=O)(=O)c2cc(N)c(C)cc2Cl)n[nH]1. The molecule has 0 amide bonds. The lowest BCUT2D eigenvalue weighted by Gasteiger charge is -2.17. The molecule has 9 heteroatoms. The Labute approximate surface area is 128 Å². The number of hydrogen-bond acceptors (Lipinski definition) is 5. The number of halogens is 1. The maximum absolute atomic E-state index is 12.5. The molecule has 0 atom stereocenters. The highest BCUT2D eigenvalue weighted by Crippen LogP contribution is 2.29. The van der Waals surface area contributed by atoms with Crippen LogP contribution < -0.4 is 5.73 Å². The summed E-state index contributed by atoms with van der Waals surface area (Å²) >= 11 is 6.04. The summed E-state index contributed by atoms with van der Waals surface area (Å²) < 4.78 is 26.2. The topological polar surface area (TPSA) is 105 Å². The van der Waals surface area contributed by atoms with Gasteiger partial charge < -0.3 is 5.73 Å². The number of aryl methyl sites for hydroxylation is 2. The molecule has 0 spiro atoms. The first-order valence-corrected chi connectivity index (χ1v) is 7.93. The number of nitrogen functional groups attached to an aromatic ring is 1. The van der Waals surface area contributed by atoms with Crippen molar-refractivity contribution in [2.75, 3.05) is 12.8 Å². The number of nitrogens with two attached hydrogens (primary N) is 1. The molecule has 3 N–H and O–H groups in total. The van der Waals surface area contributed by atoms with Crippen molar-refractivity contribution < 1.29 is 8.42 Å². The number of aromatic nitrogens is 3. The number of rotatable bonds is 4. The van der Waals surface area contributed by atoms with Crippen LogP contribution in [0.25, 0.3) is 0 Å². The Balaban J connectivity index is 2.35. The second kappa shape index (κ2) is 5.63. The van der Waals surface area contributed by atoms with Crippen molar-refractivity contribution in [2.45, 2.75) is 25.3 Å². The molecule has 0 fully saturated rings. The number of nitrogens with zero attached hydrogens (tertiary/aromatic N) is 3. The van der Waals surface area contributed by atoms with E-state index >= 15 is 0 Å². The molecule has 1 aromatic carbocycles. The highest BCUT2D eigenvalue weighted by atomic mass is 35.5. The minimum atomic E-state index is -3.77. The number of aromatic amines is 1. The number of nitrogens with one attached hydrogen (secondary N) is 1. The molecule has 0 aliphatic carbocycles. The second-order valence-electron chi connectivity index (χ2n) is 4.74. The average Bonchev–Trinajstić information content (AvgIpc) is 2.79. The van der Waals surface area contributed by atoms with Crippen LogP contribution in [0.2, 0.25) is 5.02 Å². The lowest BCUT2D eigenvalue weighted by atomic mass is 10.2. The van der Waals surface area contributed by atoms with E-state index in [1.165, 1.54) is 19.2 Å². The van der Waals surface area contributed by atoms with E-state index in [1.54, 1.807) is 13.8 Å². The van der Waals surface area contributed by atoms with Gasteiger partial charge in [0.15, 0.2) is 5.82 Å². The highest BCUT2D eigenvalue weighted by Gasteiger charge is 2.25. The first kappa shape index (κ1) is 15.7. The van der Waals surface area contributed by atoms with E-state index in [0.29, 0.717) is 17.3 Å². The quantitative estimate of drug-likeness (QED) is 0.826. The van der Waals surface area contributed by atoms with Gasteiger partial charge in [-0.15, -0.1) is 0 Å². The summed E-state index contributed by atoms with van der Waals surface area (Å²) in [6.07, 6.45) is 0. The van der Waals surface area contributed by atoms with Crippen LogP contribution in [0.4, 0.5) is 5.69 Å². The monoisotopic (exact) mass is 329 g/mol. The Kier molecular flexibility index (Phi) is 4.22. The van der Waals surface area contributed by atoms with Crippen molar-refractivity contribution in [1.29, 1.82) is 0 Å². The largest absolute Gasteiger partial charge is 0.398 e. The minimum Gasteiger partial charge on any atom is -0.398 e. The maximum atomic E-state index is 12.5. The summed E-state index contributed by atoms with van der Waals surface area (Å²) in [4.78, 5) is 4.06. The van der Waals surface area contributed by atoms with Gasteiger partial charge in [0.2, 0.25) is 10.0 Å². The third-order valence-corrected chi connectivity index (χ3v) is 5.28. The van der Waals surface area contributed by atoms with Crippen LogP contribution in [0.15, 0.2) is 17.0 Å². The zero-order chi connectivity index (χ0) is 15.8. The predicted molar refractivity (Wildman–Crippen MR) is 80.4 cm³/mol. The maximum Gasteiger partial charge on any atom is 0.244 e. The molecule has 7 nitrogen and oxygen atoms in total. The Hall–Kier alpha value is -1.64. The third-order valence-electron chi connectivity index (χ3n) is 3.02. The molecule has 0 bridgehead atoms. The lowest BCUT2D eigenvalue weighted by molar-refractivity contribution is 0.457. The molecule has 2 rings (SSSR count). The summed E-state index contributed by atoms with van der Waals surface area (Å²) in [5, 5.41) is 6.72. The van der Waals surface area contributed by atoms with E-state index in [1.807, 2.05) is 0 Å². The summed E-state index contributed by atoms with van der Waals surface area (Å²) in [5.74, 6) is 1.00. The van der Waals surface area contributed by atoms with Gasteiger partial charge in [0.1, 0.15) is 10.7 Å².